The summed E-state index contributed by atoms with van der Waals surface area (Å²) in [5.41, 5.74) is 0.999. The molecule has 5 rings (SSSR count). The molecule has 0 aliphatic carbocycles. The van der Waals surface area contributed by atoms with Crippen molar-refractivity contribution < 1.29 is 27.2 Å². The van der Waals surface area contributed by atoms with Crippen LogP contribution in [-0.4, -0.2) is 34.9 Å². The lowest BCUT2D eigenvalue weighted by molar-refractivity contribution is -0.134. The van der Waals surface area contributed by atoms with Crippen molar-refractivity contribution in [2.24, 2.45) is 0 Å². The van der Waals surface area contributed by atoms with Gasteiger partial charge in [0.25, 0.3) is 0 Å². The van der Waals surface area contributed by atoms with Crippen LogP contribution in [0.4, 0.5) is 19.0 Å². The third-order valence-electron chi connectivity index (χ3n) is 4.64. The number of hydrogen-bond acceptors (Lipinski definition) is 8. The number of anilines is 1. The van der Waals surface area contributed by atoms with E-state index in [0.29, 0.717) is 60.2 Å². The van der Waals surface area contributed by atoms with Gasteiger partial charge in [0.1, 0.15) is 28.7 Å². The van der Waals surface area contributed by atoms with Gasteiger partial charge >= 0.3 is 6.18 Å². The van der Waals surface area contributed by atoms with E-state index < -0.39 is 11.1 Å². The summed E-state index contributed by atoms with van der Waals surface area (Å²) in [5.74, 6) is 2.14. The van der Waals surface area contributed by atoms with Crippen LogP contribution < -0.4 is 14.8 Å². The number of ether oxygens (including phenoxy) is 2. The number of hydrogen-bond donors (Lipinski definition) is 1. The number of aromatic nitrogens is 3. The number of nitrogens with zero attached hydrogens (tertiary/aromatic N) is 3. The van der Waals surface area contributed by atoms with Crippen molar-refractivity contribution in [1.29, 1.82) is 0 Å². The fourth-order valence-electron chi connectivity index (χ4n) is 3.21. The zero-order chi connectivity index (χ0) is 21.4. The van der Waals surface area contributed by atoms with Crippen LogP contribution in [0.1, 0.15) is 10.4 Å². The summed E-state index contributed by atoms with van der Waals surface area (Å²) in [4.78, 5) is 8.09. The molecule has 1 N–H and O–H groups in total. The molecule has 0 unspecified atom stereocenters. The molecule has 3 aromatic heterocycles. The van der Waals surface area contributed by atoms with Crippen LogP contribution in [0.2, 0.25) is 0 Å². The van der Waals surface area contributed by atoms with Crippen LogP contribution >= 0.6 is 11.3 Å². The normalized spacial score (nSPS) is 13.5. The maximum Gasteiger partial charge on any atom is 0.425 e. The van der Waals surface area contributed by atoms with Crippen LogP contribution in [0.15, 0.2) is 41.1 Å². The molecule has 1 aromatic carbocycles. The van der Waals surface area contributed by atoms with Gasteiger partial charge in [-0.05, 0) is 30.2 Å². The van der Waals surface area contributed by atoms with Gasteiger partial charge in [0, 0.05) is 12.6 Å². The van der Waals surface area contributed by atoms with Crippen LogP contribution in [0.5, 0.6) is 11.5 Å². The third kappa shape index (κ3) is 4.00. The van der Waals surface area contributed by atoms with E-state index in [1.165, 1.54) is 6.20 Å². The number of fused-ring (bicyclic) bond motifs is 2. The molecule has 160 valence electrons. The number of alkyl halides is 3. The number of benzene rings is 1. The molecule has 1 aliphatic rings. The predicted octanol–water partition coefficient (Wildman–Crippen LogP) is 4.79. The average Bonchev–Trinajstić information content (AvgIpc) is 3.43. The van der Waals surface area contributed by atoms with Crippen molar-refractivity contribution in [3.63, 3.8) is 0 Å². The number of nitrogens with one attached hydrogen (secondary N) is 1. The van der Waals surface area contributed by atoms with Crippen molar-refractivity contribution in [3.05, 3.63) is 47.0 Å². The SMILES string of the molecule is FC(F)(F)c1cc2c(NCCc3ccc4c(c3)OCCO4)nc(-c3ccno3)nc2s1. The first-order chi connectivity index (χ1) is 15.0. The molecule has 0 radical (unpaired) electrons. The summed E-state index contributed by atoms with van der Waals surface area (Å²) in [6.07, 6.45) is -2.43. The van der Waals surface area contributed by atoms with E-state index in [-0.39, 0.29) is 16.4 Å². The quantitative estimate of drug-likeness (QED) is 0.470. The van der Waals surface area contributed by atoms with E-state index in [1.54, 1.807) is 6.07 Å². The van der Waals surface area contributed by atoms with E-state index >= 15 is 0 Å². The largest absolute Gasteiger partial charge is 0.486 e. The summed E-state index contributed by atoms with van der Waals surface area (Å²) in [5, 5.41) is 7.06. The molecule has 4 aromatic rings. The smallest absolute Gasteiger partial charge is 0.425 e. The molecular weight excluding hydrogens is 433 g/mol. The zero-order valence-electron chi connectivity index (χ0n) is 15.9. The van der Waals surface area contributed by atoms with Crippen molar-refractivity contribution >= 4 is 27.4 Å². The third-order valence-corrected chi connectivity index (χ3v) is 5.72. The molecule has 7 nitrogen and oxygen atoms in total. The Hall–Kier alpha value is -3.34. The molecule has 31 heavy (non-hydrogen) atoms. The van der Waals surface area contributed by atoms with Crippen molar-refractivity contribution in [2.75, 3.05) is 25.1 Å². The standard InChI is InChI=1S/C20H15F3N4O3S/c21-20(22,23)16-10-12-17(26-18(27-19(12)31-16)14-4-6-25-30-14)24-5-3-11-1-2-13-15(9-11)29-8-7-28-13/h1-2,4,6,9-10H,3,5,7-8H2,(H,24,26,27). The van der Waals surface area contributed by atoms with Gasteiger partial charge in [-0.1, -0.05) is 11.2 Å². The molecule has 0 fully saturated rings. The summed E-state index contributed by atoms with van der Waals surface area (Å²) in [6.45, 7) is 1.46. The molecular formula is C20H15F3N4O3S. The molecule has 0 amide bonds. The molecule has 0 saturated carbocycles. The van der Waals surface area contributed by atoms with Gasteiger partial charge in [-0.3, -0.25) is 0 Å². The lowest BCUT2D eigenvalue weighted by Crippen LogP contribution is -2.15. The zero-order valence-corrected chi connectivity index (χ0v) is 16.7. The minimum Gasteiger partial charge on any atom is -0.486 e. The second-order valence-corrected chi connectivity index (χ2v) is 7.79. The van der Waals surface area contributed by atoms with Gasteiger partial charge in [-0.25, -0.2) is 9.97 Å². The first-order valence-electron chi connectivity index (χ1n) is 9.39. The molecule has 0 atom stereocenters. The molecule has 11 heteroatoms. The second kappa shape index (κ2) is 7.73. The first kappa shape index (κ1) is 19.6. The van der Waals surface area contributed by atoms with Crippen LogP contribution in [0.3, 0.4) is 0 Å². The Morgan fingerprint density at radius 3 is 2.65 bits per heavy atom. The maximum absolute atomic E-state index is 13.2. The highest BCUT2D eigenvalue weighted by atomic mass is 32.1. The van der Waals surface area contributed by atoms with Gasteiger partial charge in [0.05, 0.1) is 11.6 Å². The van der Waals surface area contributed by atoms with E-state index in [2.05, 4.69) is 20.4 Å². The highest BCUT2D eigenvalue weighted by molar-refractivity contribution is 7.18. The van der Waals surface area contributed by atoms with Gasteiger partial charge in [0.2, 0.25) is 11.6 Å². The Morgan fingerprint density at radius 2 is 1.87 bits per heavy atom. The monoisotopic (exact) mass is 448 g/mol. The Kier molecular flexibility index (Phi) is 4.89. The van der Waals surface area contributed by atoms with E-state index in [0.717, 1.165) is 11.6 Å². The highest BCUT2D eigenvalue weighted by Crippen LogP contribution is 2.40. The Labute approximate surface area is 177 Å². The van der Waals surface area contributed by atoms with Crippen LogP contribution in [0.25, 0.3) is 21.8 Å². The lowest BCUT2D eigenvalue weighted by atomic mass is 10.1. The molecule has 4 heterocycles. The molecule has 0 saturated heterocycles. The summed E-state index contributed by atoms with van der Waals surface area (Å²) in [7, 11) is 0. The Morgan fingerprint density at radius 1 is 1.03 bits per heavy atom. The van der Waals surface area contributed by atoms with E-state index in [4.69, 9.17) is 14.0 Å². The van der Waals surface area contributed by atoms with Gasteiger partial charge in [-0.15, -0.1) is 11.3 Å². The molecule has 0 spiro atoms. The predicted molar refractivity (Wildman–Crippen MR) is 108 cm³/mol. The van der Waals surface area contributed by atoms with Crippen molar-refractivity contribution in [2.45, 2.75) is 12.6 Å². The lowest BCUT2D eigenvalue weighted by Gasteiger charge is -2.19. The van der Waals surface area contributed by atoms with Crippen LogP contribution in [-0.2, 0) is 12.6 Å². The second-order valence-electron chi connectivity index (χ2n) is 6.75. The molecule has 0 bridgehead atoms. The summed E-state index contributed by atoms with van der Waals surface area (Å²) >= 11 is 0.566. The topological polar surface area (TPSA) is 82.3 Å². The average molecular weight is 448 g/mol. The van der Waals surface area contributed by atoms with Crippen LogP contribution in [0, 0.1) is 0 Å². The maximum atomic E-state index is 13.2. The number of thiophene rings is 1. The minimum atomic E-state index is -4.46. The van der Waals surface area contributed by atoms with Crippen molar-refractivity contribution in [3.8, 4) is 23.1 Å². The molecule has 1 aliphatic heterocycles. The van der Waals surface area contributed by atoms with E-state index in [1.807, 2.05) is 18.2 Å². The highest BCUT2D eigenvalue weighted by Gasteiger charge is 2.34. The Balaban J connectivity index is 1.42. The van der Waals surface area contributed by atoms with Crippen molar-refractivity contribution in [1.82, 2.24) is 15.1 Å². The van der Waals surface area contributed by atoms with Gasteiger partial charge < -0.3 is 19.3 Å². The Bertz CT molecular complexity index is 1220. The number of halogens is 3. The van der Waals surface area contributed by atoms with Gasteiger partial charge in [0.15, 0.2) is 11.5 Å². The van der Waals surface area contributed by atoms with Gasteiger partial charge in [-0.2, -0.15) is 13.2 Å². The van der Waals surface area contributed by atoms with E-state index in [9.17, 15) is 13.2 Å². The number of rotatable bonds is 5. The minimum absolute atomic E-state index is 0.169. The fourth-order valence-corrected chi connectivity index (χ4v) is 4.10. The summed E-state index contributed by atoms with van der Waals surface area (Å²) in [6, 6.07) is 8.30. The fraction of sp³-hybridized carbons (Fsp3) is 0.250. The summed E-state index contributed by atoms with van der Waals surface area (Å²) < 4.78 is 55.9. The first-order valence-corrected chi connectivity index (χ1v) is 10.2.